The molecule has 0 aliphatic carbocycles. The molecule has 0 bridgehead atoms. The number of carbonyl (C=O) groups is 1. The highest BCUT2D eigenvalue weighted by Crippen LogP contribution is 2.16. The number of carbonyl (C=O) groups excluding carboxylic acids is 1. The fraction of sp³-hybridized carbons (Fsp3) is 0.667. The molecule has 1 aromatic rings. The Morgan fingerprint density at radius 1 is 1.43 bits per heavy atom. The van der Waals surface area contributed by atoms with Gasteiger partial charge in [-0.05, 0) is 33.4 Å². The molecule has 1 aliphatic heterocycles. The van der Waals surface area contributed by atoms with Crippen molar-refractivity contribution in [2.24, 2.45) is 5.92 Å². The number of nitrogens with zero attached hydrogens (tertiary/aromatic N) is 3. The number of amides is 1. The topological polar surface area (TPSA) is 78.4 Å². The van der Waals surface area contributed by atoms with Gasteiger partial charge in [0.25, 0.3) is 0 Å². The van der Waals surface area contributed by atoms with Crippen LogP contribution in [0, 0.1) is 19.8 Å². The Morgan fingerprint density at radius 2 is 2.10 bits per heavy atom. The van der Waals surface area contributed by atoms with Crippen molar-refractivity contribution in [2.45, 2.75) is 32.8 Å². The largest absolute Gasteiger partial charge is 0.392 e. The first-order valence-corrected chi connectivity index (χ1v) is 7.41. The minimum absolute atomic E-state index is 0.0848. The molecule has 2 N–H and O–H groups in total. The third-order valence-electron chi connectivity index (χ3n) is 3.79. The van der Waals surface area contributed by atoms with E-state index in [0.29, 0.717) is 25.9 Å². The molecule has 0 saturated carbocycles. The Morgan fingerprint density at radius 3 is 2.76 bits per heavy atom. The molecular weight excluding hydrogens is 268 g/mol. The maximum absolute atomic E-state index is 12.1. The molecule has 1 saturated heterocycles. The van der Waals surface area contributed by atoms with Crippen molar-refractivity contribution in [1.29, 1.82) is 0 Å². The average molecular weight is 292 g/mol. The van der Waals surface area contributed by atoms with Crippen LogP contribution in [0.2, 0.25) is 0 Å². The van der Waals surface area contributed by atoms with Crippen molar-refractivity contribution < 1.29 is 9.90 Å². The van der Waals surface area contributed by atoms with Crippen LogP contribution in [-0.2, 0) is 11.2 Å². The van der Waals surface area contributed by atoms with Crippen LogP contribution in [0.25, 0.3) is 0 Å². The van der Waals surface area contributed by atoms with E-state index in [0.717, 1.165) is 23.8 Å². The van der Waals surface area contributed by atoms with Crippen molar-refractivity contribution in [1.82, 2.24) is 20.2 Å². The molecule has 6 nitrogen and oxygen atoms in total. The fourth-order valence-corrected chi connectivity index (χ4v) is 2.70. The Hall–Kier alpha value is -1.53. The summed E-state index contributed by atoms with van der Waals surface area (Å²) in [5, 5.41) is 12.8. The van der Waals surface area contributed by atoms with Crippen LogP contribution in [0.1, 0.15) is 23.6 Å². The molecule has 21 heavy (non-hydrogen) atoms. The second-order valence-electron chi connectivity index (χ2n) is 5.83. The molecule has 116 valence electrons. The second-order valence-corrected chi connectivity index (χ2v) is 5.83. The highest BCUT2D eigenvalue weighted by Gasteiger charge is 2.31. The van der Waals surface area contributed by atoms with E-state index < -0.39 is 6.10 Å². The number of likely N-dealkylation sites (tertiary alicyclic amines) is 1. The minimum Gasteiger partial charge on any atom is -0.392 e. The van der Waals surface area contributed by atoms with Crippen molar-refractivity contribution in [3.05, 3.63) is 23.3 Å². The van der Waals surface area contributed by atoms with Crippen LogP contribution < -0.4 is 5.32 Å². The van der Waals surface area contributed by atoms with Crippen LogP contribution in [0.3, 0.4) is 0 Å². The van der Waals surface area contributed by atoms with Crippen LogP contribution in [0.5, 0.6) is 0 Å². The van der Waals surface area contributed by atoms with E-state index >= 15 is 0 Å². The quantitative estimate of drug-likeness (QED) is 0.821. The van der Waals surface area contributed by atoms with Gasteiger partial charge in [0.15, 0.2) is 0 Å². The molecule has 1 aromatic heterocycles. The Labute approximate surface area is 125 Å². The maximum atomic E-state index is 12.1. The first-order chi connectivity index (χ1) is 9.95. The highest BCUT2D eigenvalue weighted by atomic mass is 16.3. The molecule has 2 rings (SSSR count). The fourth-order valence-electron chi connectivity index (χ4n) is 2.70. The van der Waals surface area contributed by atoms with E-state index in [1.54, 1.807) is 0 Å². The van der Waals surface area contributed by atoms with Gasteiger partial charge >= 0.3 is 0 Å². The van der Waals surface area contributed by atoms with Crippen LogP contribution in [0.15, 0.2) is 6.07 Å². The molecule has 1 amide bonds. The smallest absolute Gasteiger partial charge is 0.227 e. The lowest BCUT2D eigenvalue weighted by atomic mass is 9.94. The molecule has 0 unspecified atom stereocenters. The number of hydrogen-bond donors (Lipinski definition) is 2. The highest BCUT2D eigenvalue weighted by molar-refractivity contribution is 5.79. The van der Waals surface area contributed by atoms with E-state index in [1.165, 1.54) is 0 Å². The van der Waals surface area contributed by atoms with Gasteiger partial charge in [-0.2, -0.15) is 0 Å². The summed E-state index contributed by atoms with van der Waals surface area (Å²) >= 11 is 0. The molecule has 0 aromatic carbocycles. The summed E-state index contributed by atoms with van der Waals surface area (Å²) < 4.78 is 0. The SMILES string of the molecule is Cc1cc(C)nc(CCNC(=O)[C@@H]2CN(C)CC[C@@H]2O)n1. The Bertz CT molecular complexity index is 486. The Balaban J connectivity index is 1.83. The maximum Gasteiger partial charge on any atom is 0.227 e. The number of hydrogen-bond acceptors (Lipinski definition) is 5. The van der Waals surface area contributed by atoms with Gasteiger partial charge < -0.3 is 15.3 Å². The average Bonchev–Trinajstić information content (AvgIpc) is 2.40. The normalized spacial score (nSPS) is 23.0. The summed E-state index contributed by atoms with van der Waals surface area (Å²) in [5.74, 6) is 0.316. The van der Waals surface area contributed by atoms with Gasteiger partial charge in [-0.15, -0.1) is 0 Å². The standard InChI is InChI=1S/C15H24N4O2/c1-10-8-11(2)18-14(17-10)4-6-16-15(21)12-9-19(3)7-5-13(12)20/h8,12-13,20H,4-7,9H2,1-3H3,(H,16,21)/t12-,13+/m1/s1. The molecule has 1 aliphatic rings. The lowest BCUT2D eigenvalue weighted by Gasteiger charge is -2.32. The van der Waals surface area contributed by atoms with Crippen LogP contribution >= 0.6 is 0 Å². The summed E-state index contributed by atoms with van der Waals surface area (Å²) in [6, 6.07) is 1.93. The third kappa shape index (κ3) is 4.47. The van der Waals surface area contributed by atoms with Crippen molar-refractivity contribution in [3.63, 3.8) is 0 Å². The first kappa shape index (κ1) is 15.9. The number of aromatic nitrogens is 2. The number of aliphatic hydroxyl groups excluding tert-OH is 1. The monoisotopic (exact) mass is 292 g/mol. The number of aliphatic hydroxyl groups is 1. The van der Waals surface area contributed by atoms with E-state index in [4.69, 9.17) is 0 Å². The number of aryl methyl sites for hydroxylation is 2. The summed E-state index contributed by atoms with van der Waals surface area (Å²) in [5.41, 5.74) is 1.88. The number of piperidine rings is 1. The van der Waals surface area contributed by atoms with Gasteiger partial charge in [0, 0.05) is 37.4 Å². The van der Waals surface area contributed by atoms with Gasteiger partial charge in [0.1, 0.15) is 5.82 Å². The van der Waals surface area contributed by atoms with Crippen molar-refractivity contribution in [3.8, 4) is 0 Å². The zero-order valence-electron chi connectivity index (χ0n) is 13.0. The van der Waals surface area contributed by atoms with Gasteiger partial charge in [-0.1, -0.05) is 0 Å². The van der Waals surface area contributed by atoms with Gasteiger partial charge in [0.05, 0.1) is 12.0 Å². The second kappa shape index (κ2) is 6.95. The minimum atomic E-state index is -0.543. The molecule has 6 heteroatoms. The molecule has 2 atom stereocenters. The zero-order chi connectivity index (χ0) is 15.4. The summed E-state index contributed by atoms with van der Waals surface area (Å²) in [6.45, 7) is 5.80. The molecule has 0 spiro atoms. The zero-order valence-corrected chi connectivity index (χ0v) is 13.0. The first-order valence-electron chi connectivity index (χ1n) is 7.41. The van der Waals surface area contributed by atoms with E-state index in [1.807, 2.05) is 27.0 Å². The van der Waals surface area contributed by atoms with E-state index in [-0.39, 0.29) is 11.8 Å². The van der Waals surface area contributed by atoms with Gasteiger partial charge in [-0.25, -0.2) is 9.97 Å². The van der Waals surface area contributed by atoms with E-state index in [2.05, 4.69) is 20.2 Å². The molecule has 2 heterocycles. The summed E-state index contributed by atoms with van der Waals surface area (Å²) in [6.07, 6.45) is 0.709. The molecule has 1 fully saturated rings. The summed E-state index contributed by atoms with van der Waals surface area (Å²) in [7, 11) is 1.97. The predicted octanol–water partition coefficient (Wildman–Crippen LogP) is 0.0647. The van der Waals surface area contributed by atoms with Gasteiger partial charge in [-0.3, -0.25) is 4.79 Å². The molecule has 0 radical (unpaired) electrons. The lowest BCUT2D eigenvalue weighted by Crippen LogP contribution is -2.49. The predicted molar refractivity (Wildman–Crippen MR) is 79.8 cm³/mol. The van der Waals surface area contributed by atoms with Gasteiger partial charge in [0.2, 0.25) is 5.91 Å². The van der Waals surface area contributed by atoms with Crippen LogP contribution in [0.4, 0.5) is 0 Å². The lowest BCUT2D eigenvalue weighted by molar-refractivity contribution is -0.131. The Kier molecular flexibility index (Phi) is 5.25. The number of rotatable bonds is 4. The van der Waals surface area contributed by atoms with Crippen molar-refractivity contribution in [2.75, 3.05) is 26.7 Å². The third-order valence-corrected chi connectivity index (χ3v) is 3.79. The van der Waals surface area contributed by atoms with E-state index in [9.17, 15) is 9.90 Å². The van der Waals surface area contributed by atoms with Crippen molar-refractivity contribution >= 4 is 5.91 Å². The summed E-state index contributed by atoms with van der Waals surface area (Å²) in [4.78, 5) is 22.9. The molecular formula is C15H24N4O2. The van der Waals surface area contributed by atoms with Crippen LogP contribution in [-0.4, -0.2) is 58.7 Å². The number of nitrogens with one attached hydrogen (secondary N) is 1.